The molecule has 8 nitrogen and oxygen atoms in total. The molecule has 2 unspecified atom stereocenters. The fourth-order valence-corrected chi connectivity index (χ4v) is 3.32. The first-order chi connectivity index (χ1) is 14.0. The number of aliphatic hydroxyl groups excluding tert-OH is 2. The first kappa shape index (κ1) is 21.0. The summed E-state index contributed by atoms with van der Waals surface area (Å²) in [7, 11) is 0. The van der Waals surface area contributed by atoms with Gasteiger partial charge in [0.25, 0.3) is 5.91 Å². The first-order valence-electron chi connectivity index (χ1n) is 9.76. The second-order valence-corrected chi connectivity index (χ2v) is 7.23. The topological polar surface area (TPSA) is 107 Å². The molecule has 0 aliphatic carbocycles. The van der Waals surface area contributed by atoms with Gasteiger partial charge in [-0.15, -0.1) is 0 Å². The largest absolute Gasteiger partial charge is 0.482 e. The van der Waals surface area contributed by atoms with E-state index in [2.05, 4.69) is 38.7 Å². The summed E-state index contributed by atoms with van der Waals surface area (Å²) in [5.41, 5.74) is 3.26. The molecule has 8 heteroatoms. The second kappa shape index (κ2) is 10.2. The van der Waals surface area contributed by atoms with Gasteiger partial charge in [-0.25, -0.2) is 0 Å². The molecule has 0 saturated carbocycles. The number of aliphatic hydroxyl groups is 2. The summed E-state index contributed by atoms with van der Waals surface area (Å²) in [5.74, 6) is 0.0975. The van der Waals surface area contributed by atoms with Crippen LogP contribution in [-0.4, -0.2) is 64.6 Å². The van der Waals surface area contributed by atoms with Gasteiger partial charge in [0.05, 0.1) is 24.2 Å². The standard InChI is InChI=1S/C21H28N4O4/c1-15(26)24-18-8-20(11-22-9-18)29-14-21(28)23-10-19(27)13-25-7-6-16-4-2-3-5-17(16)12-25/h2-5,8-9,11,15,19,24,26-27H,6-7,10,12-14H2,1H3,(H,23,28). The van der Waals surface area contributed by atoms with E-state index in [0.29, 0.717) is 18.0 Å². The molecule has 0 saturated heterocycles. The summed E-state index contributed by atoms with van der Waals surface area (Å²) in [5, 5.41) is 25.1. The molecule has 0 radical (unpaired) electrons. The summed E-state index contributed by atoms with van der Waals surface area (Å²) in [6, 6.07) is 10.0. The molecule has 156 valence electrons. The lowest BCUT2D eigenvalue weighted by Gasteiger charge is -2.30. The Kier molecular flexibility index (Phi) is 7.40. The van der Waals surface area contributed by atoms with Crippen LogP contribution in [0.1, 0.15) is 18.1 Å². The van der Waals surface area contributed by atoms with Crippen molar-refractivity contribution in [3.63, 3.8) is 0 Å². The molecule has 29 heavy (non-hydrogen) atoms. The molecule has 1 amide bonds. The first-order valence-corrected chi connectivity index (χ1v) is 9.76. The van der Waals surface area contributed by atoms with E-state index >= 15 is 0 Å². The summed E-state index contributed by atoms with van der Waals surface area (Å²) in [6.45, 7) is 3.80. The van der Waals surface area contributed by atoms with Crippen molar-refractivity contribution in [2.45, 2.75) is 32.2 Å². The lowest BCUT2D eigenvalue weighted by atomic mass is 10.00. The average Bonchev–Trinajstić information content (AvgIpc) is 2.70. The van der Waals surface area contributed by atoms with Crippen molar-refractivity contribution in [1.82, 2.24) is 15.2 Å². The number of hydrogen-bond acceptors (Lipinski definition) is 7. The van der Waals surface area contributed by atoms with E-state index < -0.39 is 12.3 Å². The monoisotopic (exact) mass is 400 g/mol. The van der Waals surface area contributed by atoms with Gasteiger partial charge in [0.15, 0.2) is 6.61 Å². The number of fused-ring (bicyclic) bond motifs is 1. The molecule has 0 bridgehead atoms. The van der Waals surface area contributed by atoms with Crippen LogP contribution in [-0.2, 0) is 17.8 Å². The molecule has 2 atom stereocenters. The quantitative estimate of drug-likeness (QED) is 0.460. The van der Waals surface area contributed by atoms with Crippen LogP contribution in [0.25, 0.3) is 0 Å². The van der Waals surface area contributed by atoms with Gasteiger partial charge >= 0.3 is 0 Å². The Morgan fingerprint density at radius 2 is 2.07 bits per heavy atom. The van der Waals surface area contributed by atoms with Crippen LogP contribution in [0.4, 0.5) is 5.69 Å². The minimum atomic E-state index is -0.717. The zero-order valence-corrected chi connectivity index (χ0v) is 16.5. The maximum atomic E-state index is 12.0. The number of carbonyl (C=O) groups excluding carboxylic acids is 1. The van der Waals surface area contributed by atoms with Crippen LogP contribution >= 0.6 is 0 Å². The van der Waals surface area contributed by atoms with Crippen molar-refractivity contribution in [2.75, 3.05) is 31.6 Å². The number of ether oxygens (including phenoxy) is 1. The summed E-state index contributed by atoms with van der Waals surface area (Å²) < 4.78 is 5.42. The predicted octanol–water partition coefficient (Wildman–Crippen LogP) is 0.746. The van der Waals surface area contributed by atoms with Crippen molar-refractivity contribution in [3.05, 3.63) is 53.9 Å². The minimum Gasteiger partial charge on any atom is -0.482 e. The Morgan fingerprint density at radius 3 is 2.86 bits per heavy atom. The van der Waals surface area contributed by atoms with Gasteiger partial charge in [0.1, 0.15) is 12.0 Å². The fourth-order valence-electron chi connectivity index (χ4n) is 3.32. The van der Waals surface area contributed by atoms with E-state index in [4.69, 9.17) is 4.74 Å². The molecule has 1 aliphatic rings. The van der Waals surface area contributed by atoms with Crippen molar-refractivity contribution in [1.29, 1.82) is 0 Å². The molecule has 0 spiro atoms. The molecule has 0 fully saturated rings. The number of pyridine rings is 1. The van der Waals surface area contributed by atoms with Crippen molar-refractivity contribution in [2.24, 2.45) is 0 Å². The average molecular weight is 400 g/mol. The SMILES string of the molecule is CC(O)Nc1cncc(OCC(=O)NCC(O)CN2CCc3ccccc3C2)c1. The number of rotatable bonds is 9. The number of carbonyl (C=O) groups is 1. The third-order valence-corrected chi connectivity index (χ3v) is 4.67. The zero-order valence-electron chi connectivity index (χ0n) is 16.5. The van der Waals surface area contributed by atoms with E-state index in [1.165, 1.54) is 17.3 Å². The van der Waals surface area contributed by atoms with Crippen molar-refractivity contribution < 1.29 is 19.7 Å². The van der Waals surface area contributed by atoms with Crippen LogP contribution < -0.4 is 15.4 Å². The number of hydrogen-bond donors (Lipinski definition) is 4. The lowest BCUT2D eigenvalue weighted by Crippen LogP contribution is -2.42. The molecule has 2 aromatic rings. The van der Waals surface area contributed by atoms with Gasteiger partial charge in [-0.05, 0) is 24.5 Å². The number of nitrogens with zero attached hydrogens (tertiary/aromatic N) is 2. The molecule has 1 aromatic carbocycles. The fraction of sp³-hybridized carbons (Fsp3) is 0.429. The van der Waals surface area contributed by atoms with Crippen LogP contribution in [0.5, 0.6) is 5.75 Å². The van der Waals surface area contributed by atoms with Crippen LogP contribution in [0, 0.1) is 0 Å². The highest BCUT2D eigenvalue weighted by Gasteiger charge is 2.18. The molecule has 1 aliphatic heterocycles. The van der Waals surface area contributed by atoms with E-state index in [1.54, 1.807) is 19.2 Å². The molecule has 4 N–H and O–H groups in total. The van der Waals surface area contributed by atoms with E-state index in [9.17, 15) is 15.0 Å². The molecule has 1 aromatic heterocycles. The summed E-state index contributed by atoms with van der Waals surface area (Å²) in [4.78, 5) is 18.2. The summed E-state index contributed by atoms with van der Waals surface area (Å²) in [6.07, 6.45) is 2.65. The predicted molar refractivity (Wildman–Crippen MR) is 109 cm³/mol. The number of anilines is 1. The third-order valence-electron chi connectivity index (χ3n) is 4.67. The Labute approximate surface area is 170 Å². The Balaban J connectivity index is 1.37. The Bertz CT molecular complexity index is 815. The van der Waals surface area contributed by atoms with E-state index in [-0.39, 0.29) is 19.1 Å². The van der Waals surface area contributed by atoms with Crippen LogP contribution in [0.2, 0.25) is 0 Å². The van der Waals surface area contributed by atoms with Gasteiger partial charge < -0.3 is 25.6 Å². The van der Waals surface area contributed by atoms with Crippen LogP contribution in [0.3, 0.4) is 0 Å². The van der Waals surface area contributed by atoms with Crippen molar-refractivity contribution >= 4 is 11.6 Å². The van der Waals surface area contributed by atoms with Crippen LogP contribution in [0.15, 0.2) is 42.7 Å². The highest BCUT2D eigenvalue weighted by atomic mass is 16.5. The Hall–Kier alpha value is -2.68. The summed E-state index contributed by atoms with van der Waals surface area (Å²) >= 11 is 0. The molecular formula is C21H28N4O4. The lowest BCUT2D eigenvalue weighted by molar-refractivity contribution is -0.123. The van der Waals surface area contributed by atoms with Gasteiger partial charge in [-0.3, -0.25) is 14.7 Å². The highest BCUT2D eigenvalue weighted by molar-refractivity contribution is 5.77. The maximum Gasteiger partial charge on any atom is 0.258 e. The highest BCUT2D eigenvalue weighted by Crippen LogP contribution is 2.18. The van der Waals surface area contributed by atoms with Gasteiger partial charge in [0, 0.05) is 32.2 Å². The second-order valence-electron chi connectivity index (χ2n) is 7.23. The third kappa shape index (κ3) is 6.70. The number of aromatic nitrogens is 1. The van der Waals surface area contributed by atoms with Crippen molar-refractivity contribution in [3.8, 4) is 5.75 Å². The Morgan fingerprint density at radius 1 is 1.28 bits per heavy atom. The normalized spacial score (nSPS) is 15.8. The zero-order chi connectivity index (χ0) is 20.6. The molecule has 3 rings (SSSR count). The van der Waals surface area contributed by atoms with E-state index in [0.717, 1.165) is 19.5 Å². The number of benzene rings is 1. The van der Waals surface area contributed by atoms with Gasteiger partial charge in [-0.2, -0.15) is 0 Å². The molecular weight excluding hydrogens is 372 g/mol. The van der Waals surface area contributed by atoms with Gasteiger partial charge in [-0.1, -0.05) is 24.3 Å². The molecule has 2 heterocycles. The van der Waals surface area contributed by atoms with Gasteiger partial charge in [0.2, 0.25) is 0 Å². The number of amides is 1. The number of β-amino-alcohol motifs (C(OH)–C–C–N with tert-alkyl or cyclic N) is 1. The van der Waals surface area contributed by atoms with E-state index in [1.807, 2.05) is 6.07 Å². The maximum absolute atomic E-state index is 12.0. The minimum absolute atomic E-state index is 0.169. The number of nitrogens with one attached hydrogen (secondary N) is 2. The smallest absolute Gasteiger partial charge is 0.258 e.